The van der Waals surface area contributed by atoms with E-state index in [9.17, 15) is 4.79 Å². The maximum atomic E-state index is 12.4. The number of nitrogens with one attached hydrogen (secondary N) is 1. The Hall–Kier alpha value is -1.30. The molecule has 23 heavy (non-hydrogen) atoms. The third-order valence-electron chi connectivity index (χ3n) is 4.28. The van der Waals surface area contributed by atoms with E-state index in [1.54, 1.807) is 0 Å². The molecule has 2 fully saturated rings. The van der Waals surface area contributed by atoms with Crippen LogP contribution in [0.3, 0.4) is 0 Å². The van der Waals surface area contributed by atoms with Crippen molar-refractivity contribution in [1.82, 2.24) is 10.2 Å². The van der Waals surface area contributed by atoms with Gasteiger partial charge in [0, 0.05) is 39.0 Å². The predicted molar refractivity (Wildman–Crippen MR) is 91.3 cm³/mol. The van der Waals surface area contributed by atoms with Gasteiger partial charge in [-0.2, -0.15) is 0 Å². The lowest BCUT2D eigenvalue weighted by molar-refractivity contribution is -0.147. The van der Waals surface area contributed by atoms with Crippen LogP contribution in [0.5, 0.6) is 5.75 Å². The summed E-state index contributed by atoms with van der Waals surface area (Å²) in [4.78, 5) is 14.3. The molecule has 1 N–H and O–H groups in total. The van der Waals surface area contributed by atoms with Gasteiger partial charge in [-0.05, 0) is 19.1 Å². The van der Waals surface area contributed by atoms with Crippen LogP contribution in [0.15, 0.2) is 24.3 Å². The lowest BCUT2D eigenvalue weighted by Gasteiger charge is -2.35. The molecule has 0 spiro atoms. The molecule has 0 bridgehead atoms. The topological polar surface area (TPSA) is 50.8 Å². The molecule has 0 saturated carbocycles. The fourth-order valence-electron chi connectivity index (χ4n) is 2.93. The number of amides is 1. The molecular formula is C17H25ClN2O3. The third-order valence-corrected chi connectivity index (χ3v) is 4.28. The van der Waals surface area contributed by atoms with Gasteiger partial charge in [-0.1, -0.05) is 17.7 Å². The normalized spacial score (nSPS) is 22.3. The fourth-order valence-corrected chi connectivity index (χ4v) is 2.93. The summed E-state index contributed by atoms with van der Waals surface area (Å²) in [5.74, 6) is 1.02. The predicted octanol–water partition coefficient (Wildman–Crippen LogP) is 1.78. The monoisotopic (exact) mass is 340 g/mol. The molecule has 1 unspecified atom stereocenters. The van der Waals surface area contributed by atoms with E-state index < -0.39 is 0 Å². The Balaban J connectivity index is 0.00000192. The maximum Gasteiger partial charge on any atom is 0.253 e. The largest absolute Gasteiger partial charge is 0.490 e. The highest BCUT2D eigenvalue weighted by molar-refractivity contribution is 5.85. The van der Waals surface area contributed by atoms with Crippen molar-refractivity contribution in [3.8, 4) is 5.75 Å². The fraction of sp³-hybridized carbons (Fsp3) is 0.588. The van der Waals surface area contributed by atoms with Gasteiger partial charge < -0.3 is 19.7 Å². The molecule has 0 radical (unpaired) electrons. The summed E-state index contributed by atoms with van der Waals surface area (Å²) in [6, 6.07) is 8.13. The van der Waals surface area contributed by atoms with E-state index in [1.807, 2.05) is 17.0 Å². The summed E-state index contributed by atoms with van der Waals surface area (Å²) in [5, 5.41) is 3.20. The SMILES string of the molecule is Cc1ccc(OC2CCN(C(=O)C3CNCCO3)CC2)cc1.Cl. The van der Waals surface area contributed by atoms with Crippen LogP contribution in [-0.4, -0.2) is 55.8 Å². The first-order valence-electron chi connectivity index (χ1n) is 8.07. The Bertz CT molecular complexity index is 495. The highest BCUT2D eigenvalue weighted by atomic mass is 35.5. The van der Waals surface area contributed by atoms with Gasteiger partial charge in [-0.25, -0.2) is 0 Å². The molecule has 1 aromatic carbocycles. The number of morpholine rings is 1. The highest BCUT2D eigenvalue weighted by Gasteiger charge is 2.30. The van der Waals surface area contributed by atoms with Crippen LogP contribution in [0.4, 0.5) is 0 Å². The first-order chi connectivity index (χ1) is 10.7. The van der Waals surface area contributed by atoms with Gasteiger partial charge in [0.25, 0.3) is 5.91 Å². The van der Waals surface area contributed by atoms with Gasteiger partial charge in [0.05, 0.1) is 6.61 Å². The lowest BCUT2D eigenvalue weighted by Crippen LogP contribution is -2.52. The van der Waals surface area contributed by atoms with Crippen molar-refractivity contribution >= 4 is 18.3 Å². The molecule has 1 aromatic rings. The summed E-state index contributed by atoms with van der Waals surface area (Å²) in [5.41, 5.74) is 1.23. The van der Waals surface area contributed by atoms with Gasteiger partial charge in [-0.3, -0.25) is 4.79 Å². The van der Waals surface area contributed by atoms with E-state index in [0.717, 1.165) is 38.2 Å². The van der Waals surface area contributed by atoms with Crippen LogP contribution >= 0.6 is 12.4 Å². The third kappa shape index (κ3) is 4.83. The summed E-state index contributed by atoms with van der Waals surface area (Å²) in [6.07, 6.45) is 1.62. The van der Waals surface area contributed by atoms with E-state index >= 15 is 0 Å². The second-order valence-corrected chi connectivity index (χ2v) is 6.02. The summed E-state index contributed by atoms with van der Waals surface area (Å²) >= 11 is 0. The number of halogens is 1. The molecule has 0 aromatic heterocycles. The number of likely N-dealkylation sites (tertiary alicyclic amines) is 1. The highest BCUT2D eigenvalue weighted by Crippen LogP contribution is 2.20. The Labute approximate surface area is 143 Å². The standard InChI is InChI=1S/C17H24N2O3.ClH/c1-13-2-4-14(5-3-13)22-15-6-9-19(10-7-15)17(20)16-12-18-8-11-21-16;/h2-5,15-16,18H,6-12H2,1H3;1H. The Morgan fingerprint density at radius 3 is 2.57 bits per heavy atom. The minimum Gasteiger partial charge on any atom is -0.490 e. The molecule has 1 amide bonds. The van der Waals surface area contributed by atoms with E-state index in [-0.39, 0.29) is 30.5 Å². The van der Waals surface area contributed by atoms with Gasteiger partial charge in [-0.15, -0.1) is 12.4 Å². The molecule has 2 saturated heterocycles. The Morgan fingerprint density at radius 1 is 1.26 bits per heavy atom. The average molecular weight is 341 g/mol. The van der Waals surface area contributed by atoms with Crippen LogP contribution in [0.2, 0.25) is 0 Å². The van der Waals surface area contributed by atoms with Crippen molar-refractivity contribution in [3.05, 3.63) is 29.8 Å². The summed E-state index contributed by atoms with van der Waals surface area (Å²) in [6.45, 7) is 5.62. The van der Waals surface area contributed by atoms with Crippen LogP contribution in [-0.2, 0) is 9.53 Å². The first kappa shape index (κ1) is 18.0. The minimum absolute atomic E-state index is 0. The van der Waals surface area contributed by atoms with Crippen LogP contribution in [0, 0.1) is 6.92 Å². The number of rotatable bonds is 3. The number of ether oxygens (including phenoxy) is 2. The second-order valence-electron chi connectivity index (χ2n) is 6.02. The molecule has 1 atom stereocenters. The average Bonchev–Trinajstić information content (AvgIpc) is 2.58. The Morgan fingerprint density at radius 2 is 1.96 bits per heavy atom. The zero-order valence-electron chi connectivity index (χ0n) is 13.5. The molecule has 2 heterocycles. The van der Waals surface area contributed by atoms with Gasteiger partial charge in [0.1, 0.15) is 18.0 Å². The van der Waals surface area contributed by atoms with Crippen molar-refractivity contribution in [1.29, 1.82) is 0 Å². The van der Waals surface area contributed by atoms with Gasteiger partial charge in [0.2, 0.25) is 0 Å². The van der Waals surface area contributed by atoms with Crippen molar-refractivity contribution in [2.75, 3.05) is 32.8 Å². The van der Waals surface area contributed by atoms with Crippen LogP contribution in [0.25, 0.3) is 0 Å². The van der Waals surface area contributed by atoms with Crippen LogP contribution in [0.1, 0.15) is 18.4 Å². The number of piperidine rings is 1. The van der Waals surface area contributed by atoms with Gasteiger partial charge >= 0.3 is 0 Å². The smallest absolute Gasteiger partial charge is 0.253 e. The number of hydrogen-bond acceptors (Lipinski definition) is 4. The van der Waals surface area contributed by atoms with E-state index in [1.165, 1.54) is 5.56 Å². The summed E-state index contributed by atoms with van der Waals surface area (Å²) in [7, 11) is 0. The number of carbonyl (C=O) groups is 1. The first-order valence-corrected chi connectivity index (χ1v) is 8.07. The molecule has 3 rings (SSSR count). The molecular weight excluding hydrogens is 316 g/mol. The lowest BCUT2D eigenvalue weighted by atomic mass is 10.1. The maximum absolute atomic E-state index is 12.4. The van der Waals surface area contributed by atoms with E-state index in [0.29, 0.717) is 13.2 Å². The zero-order chi connectivity index (χ0) is 15.4. The number of carbonyl (C=O) groups excluding carboxylic acids is 1. The second kappa shape index (κ2) is 8.52. The van der Waals surface area contributed by atoms with E-state index in [4.69, 9.17) is 9.47 Å². The summed E-state index contributed by atoms with van der Waals surface area (Å²) < 4.78 is 11.5. The molecule has 2 aliphatic rings. The number of benzene rings is 1. The minimum atomic E-state index is -0.316. The molecule has 0 aliphatic carbocycles. The zero-order valence-corrected chi connectivity index (χ0v) is 14.3. The van der Waals surface area contributed by atoms with E-state index in [2.05, 4.69) is 24.4 Å². The number of nitrogens with zero attached hydrogens (tertiary/aromatic N) is 1. The van der Waals surface area contributed by atoms with Crippen molar-refractivity contribution in [2.45, 2.75) is 32.0 Å². The Kier molecular flexibility index (Phi) is 6.69. The number of hydrogen-bond donors (Lipinski definition) is 1. The molecule has 5 nitrogen and oxygen atoms in total. The number of aryl methyl sites for hydroxylation is 1. The van der Waals surface area contributed by atoms with Crippen molar-refractivity contribution in [3.63, 3.8) is 0 Å². The quantitative estimate of drug-likeness (QED) is 0.911. The van der Waals surface area contributed by atoms with Crippen LogP contribution < -0.4 is 10.1 Å². The van der Waals surface area contributed by atoms with Crippen molar-refractivity contribution < 1.29 is 14.3 Å². The van der Waals surface area contributed by atoms with Gasteiger partial charge in [0.15, 0.2) is 0 Å². The molecule has 128 valence electrons. The molecule has 2 aliphatic heterocycles. The van der Waals surface area contributed by atoms with Crippen molar-refractivity contribution in [2.24, 2.45) is 0 Å². The molecule has 6 heteroatoms.